The molecular weight excluding hydrogens is 252 g/mol. The first-order chi connectivity index (χ1) is 8.55. The number of aryl methyl sites for hydroxylation is 1. The summed E-state index contributed by atoms with van der Waals surface area (Å²) in [5.41, 5.74) is 0.432. The maximum Gasteiger partial charge on any atom is 0.229 e. The fraction of sp³-hybridized carbons (Fsp3) is 0.167. The zero-order chi connectivity index (χ0) is 13.2. The summed E-state index contributed by atoms with van der Waals surface area (Å²) in [6.07, 6.45) is 0.502. The molecule has 1 aromatic carbocycles. The Balaban J connectivity index is 2.52. The second-order valence-corrected chi connectivity index (χ2v) is 5.60. The molecule has 0 spiro atoms. The first-order valence-electron chi connectivity index (χ1n) is 5.45. The highest BCUT2D eigenvalue weighted by Gasteiger charge is 2.22. The molecule has 0 saturated heterocycles. The van der Waals surface area contributed by atoms with Gasteiger partial charge in [0, 0.05) is 17.6 Å². The van der Waals surface area contributed by atoms with Gasteiger partial charge in [0.25, 0.3) is 0 Å². The number of benzene rings is 1. The summed E-state index contributed by atoms with van der Waals surface area (Å²) in [7, 11) is -3.72. The minimum Gasteiger partial charge on any atom is -0.594 e. The van der Waals surface area contributed by atoms with Crippen LogP contribution in [0.2, 0.25) is 0 Å². The summed E-state index contributed by atoms with van der Waals surface area (Å²) in [6.45, 7) is 1.80. The fourth-order valence-corrected chi connectivity index (χ4v) is 2.72. The lowest BCUT2D eigenvalue weighted by molar-refractivity contribution is -0.680. The summed E-state index contributed by atoms with van der Waals surface area (Å²) < 4.78 is 24.3. The summed E-state index contributed by atoms with van der Waals surface area (Å²) in [5.74, 6) is 0. The van der Waals surface area contributed by atoms with Crippen LogP contribution in [-0.2, 0) is 16.3 Å². The Labute approximate surface area is 105 Å². The predicted molar refractivity (Wildman–Crippen MR) is 64.5 cm³/mol. The molecule has 1 heterocycles. The Kier molecular flexibility index (Phi) is 3.29. The Morgan fingerprint density at radius 2 is 1.83 bits per heavy atom. The van der Waals surface area contributed by atoms with Gasteiger partial charge in [0.15, 0.2) is 0 Å². The average molecular weight is 264 g/mol. The van der Waals surface area contributed by atoms with E-state index in [0.29, 0.717) is 17.0 Å². The van der Waals surface area contributed by atoms with Crippen molar-refractivity contribution >= 4 is 9.84 Å². The zero-order valence-corrected chi connectivity index (χ0v) is 10.6. The molecule has 0 atom stereocenters. The van der Waals surface area contributed by atoms with Gasteiger partial charge in [0.1, 0.15) is 0 Å². The van der Waals surface area contributed by atoms with Crippen LogP contribution in [0.15, 0.2) is 52.4 Å². The molecule has 0 N–H and O–H groups in total. The largest absolute Gasteiger partial charge is 0.594 e. The van der Waals surface area contributed by atoms with Crippen molar-refractivity contribution in [2.45, 2.75) is 23.3 Å². The van der Waals surface area contributed by atoms with E-state index in [1.807, 2.05) is 0 Å². The molecule has 0 radical (unpaired) electrons. The highest BCUT2D eigenvalue weighted by Crippen LogP contribution is 2.17. The number of hydrogen-bond acceptors (Lipinski definition) is 4. The van der Waals surface area contributed by atoms with E-state index in [9.17, 15) is 13.6 Å². The van der Waals surface area contributed by atoms with Gasteiger partial charge in [-0.1, -0.05) is 30.0 Å². The number of rotatable bonds is 3. The van der Waals surface area contributed by atoms with Gasteiger partial charge in [-0.2, -0.15) is 0 Å². The van der Waals surface area contributed by atoms with E-state index in [-0.39, 0.29) is 9.92 Å². The fourth-order valence-electron chi connectivity index (χ4n) is 1.54. The molecule has 2 aromatic rings. The van der Waals surface area contributed by atoms with Crippen LogP contribution in [0.3, 0.4) is 0 Å². The van der Waals surface area contributed by atoms with E-state index in [1.54, 1.807) is 25.1 Å². The third-order valence-electron chi connectivity index (χ3n) is 2.54. The van der Waals surface area contributed by atoms with Crippen LogP contribution in [0.4, 0.5) is 0 Å². The molecule has 0 saturated carbocycles. The average Bonchev–Trinajstić information content (AvgIpc) is 2.39. The van der Waals surface area contributed by atoms with E-state index >= 15 is 0 Å². The molecule has 94 valence electrons. The molecule has 1 aromatic heterocycles. The maximum absolute atomic E-state index is 12.2. The summed E-state index contributed by atoms with van der Waals surface area (Å²) >= 11 is 0. The third kappa shape index (κ3) is 2.19. The second-order valence-electron chi connectivity index (χ2n) is 3.71. The third-order valence-corrected chi connectivity index (χ3v) is 4.21. The van der Waals surface area contributed by atoms with Gasteiger partial charge in [-0.15, -0.1) is 0 Å². The molecule has 0 aliphatic rings. The van der Waals surface area contributed by atoms with Crippen LogP contribution in [0.25, 0.3) is 0 Å². The summed E-state index contributed by atoms with van der Waals surface area (Å²) in [6, 6.07) is 10.8. The van der Waals surface area contributed by atoms with Gasteiger partial charge >= 0.3 is 0 Å². The summed E-state index contributed by atoms with van der Waals surface area (Å²) in [4.78, 5) is 0.484. The number of hydrogen-bond donors (Lipinski definition) is 0. The smallest absolute Gasteiger partial charge is 0.229 e. The van der Waals surface area contributed by atoms with Crippen LogP contribution >= 0.6 is 0 Å². The lowest BCUT2D eigenvalue weighted by Crippen LogP contribution is -2.37. The van der Waals surface area contributed by atoms with Gasteiger partial charge < -0.3 is 5.21 Å². The SMILES string of the molecule is CCc1ccc(S(=O)(=O)c2ccccc2)n[n+]1[O-]. The monoisotopic (exact) mass is 264 g/mol. The van der Waals surface area contributed by atoms with Gasteiger partial charge in [0.2, 0.25) is 20.6 Å². The van der Waals surface area contributed by atoms with E-state index in [2.05, 4.69) is 5.10 Å². The molecule has 0 aliphatic carbocycles. The van der Waals surface area contributed by atoms with Crippen molar-refractivity contribution in [3.8, 4) is 0 Å². The molecule has 6 heteroatoms. The minimum atomic E-state index is -3.72. The molecule has 0 unspecified atom stereocenters. The Bertz CT molecular complexity index is 654. The molecule has 5 nitrogen and oxygen atoms in total. The van der Waals surface area contributed by atoms with Crippen molar-refractivity contribution in [1.82, 2.24) is 5.10 Å². The van der Waals surface area contributed by atoms with Crippen molar-refractivity contribution in [1.29, 1.82) is 0 Å². The van der Waals surface area contributed by atoms with Gasteiger partial charge in [-0.05, 0) is 18.2 Å². The van der Waals surface area contributed by atoms with Crippen molar-refractivity contribution in [3.05, 3.63) is 53.4 Å². The van der Waals surface area contributed by atoms with Crippen LogP contribution < -0.4 is 4.85 Å². The zero-order valence-electron chi connectivity index (χ0n) is 9.78. The van der Waals surface area contributed by atoms with Crippen LogP contribution in [0.5, 0.6) is 0 Å². The quantitative estimate of drug-likeness (QED) is 0.615. The summed E-state index contributed by atoms with van der Waals surface area (Å²) in [5, 5.41) is 14.8. The second kappa shape index (κ2) is 4.73. The standard InChI is InChI=1S/C12H12N2O3S/c1-2-10-8-9-12(13-14(10)15)18(16,17)11-6-4-3-5-7-11/h3-9H,2H2,1H3. The topological polar surface area (TPSA) is 74.0 Å². The van der Waals surface area contributed by atoms with E-state index < -0.39 is 9.84 Å². The highest BCUT2D eigenvalue weighted by atomic mass is 32.2. The van der Waals surface area contributed by atoms with Crippen molar-refractivity contribution in [3.63, 3.8) is 0 Å². The normalized spacial score (nSPS) is 11.4. The highest BCUT2D eigenvalue weighted by molar-refractivity contribution is 7.91. The molecular formula is C12H12N2O3S. The van der Waals surface area contributed by atoms with E-state index in [1.165, 1.54) is 24.3 Å². The molecule has 0 bridgehead atoms. The molecule has 0 aliphatic heterocycles. The van der Waals surface area contributed by atoms with Crippen molar-refractivity contribution in [2.75, 3.05) is 0 Å². The first kappa shape index (κ1) is 12.5. The number of aromatic nitrogens is 2. The molecule has 0 amide bonds. The maximum atomic E-state index is 12.2. The molecule has 0 fully saturated rings. The number of nitrogens with zero attached hydrogens (tertiary/aromatic N) is 2. The Morgan fingerprint density at radius 1 is 1.17 bits per heavy atom. The van der Waals surface area contributed by atoms with Gasteiger partial charge in [-0.25, -0.2) is 8.42 Å². The Hall–Kier alpha value is -1.95. The first-order valence-corrected chi connectivity index (χ1v) is 6.94. The van der Waals surface area contributed by atoms with E-state index in [0.717, 1.165) is 0 Å². The molecule has 18 heavy (non-hydrogen) atoms. The van der Waals surface area contributed by atoms with Crippen LogP contribution in [-0.4, -0.2) is 13.5 Å². The van der Waals surface area contributed by atoms with Crippen LogP contribution in [0, 0.1) is 5.21 Å². The van der Waals surface area contributed by atoms with Gasteiger partial charge in [0.05, 0.1) is 4.90 Å². The van der Waals surface area contributed by atoms with Gasteiger partial charge in [-0.3, -0.25) is 0 Å². The van der Waals surface area contributed by atoms with Crippen molar-refractivity contribution in [2.24, 2.45) is 0 Å². The van der Waals surface area contributed by atoms with E-state index in [4.69, 9.17) is 0 Å². The lowest BCUT2D eigenvalue weighted by Gasteiger charge is -2.04. The molecule has 2 rings (SSSR count). The predicted octanol–water partition coefficient (Wildman–Crippen LogP) is 1.11. The lowest BCUT2D eigenvalue weighted by atomic mass is 10.3. The Morgan fingerprint density at radius 3 is 2.39 bits per heavy atom. The van der Waals surface area contributed by atoms with Crippen LogP contribution in [0.1, 0.15) is 12.6 Å². The number of sulfone groups is 1. The van der Waals surface area contributed by atoms with Crippen molar-refractivity contribution < 1.29 is 13.3 Å². The minimum absolute atomic E-state index is 0.127.